The fraction of sp³-hybridized carbons (Fsp3) is 0.250. The van der Waals surface area contributed by atoms with E-state index in [4.69, 9.17) is 15.9 Å². The topological polar surface area (TPSA) is 175 Å². The first kappa shape index (κ1) is 27.4. The second-order valence-corrected chi connectivity index (χ2v) is 8.33. The zero-order chi connectivity index (χ0) is 25.6. The molecule has 2 aromatic carbocycles. The van der Waals surface area contributed by atoms with Gasteiger partial charge in [0.05, 0.1) is 18.2 Å². The van der Waals surface area contributed by atoms with E-state index in [2.05, 4.69) is 15.6 Å². The third-order valence-electron chi connectivity index (χ3n) is 4.56. The number of carbonyl (C=O) groups excluding carboxylic acids is 1. The molecule has 0 fully saturated rings. The van der Waals surface area contributed by atoms with Gasteiger partial charge in [0.2, 0.25) is 5.91 Å². The molecule has 0 aliphatic heterocycles. The minimum atomic E-state index is -1.31. The number of aromatic nitrogens is 1. The van der Waals surface area contributed by atoms with Crippen molar-refractivity contribution in [3.8, 4) is 0 Å². The van der Waals surface area contributed by atoms with Gasteiger partial charge >= 0.3 is 11.9 Å². The normalized spacial score (nSPS) is 11.1. The van der Waals surface area contributed by atoms with Crippen LogP contribution >= 0.6 is 11.3 Å². The highest BCUT2D eigenvalue weighted by Gasteiger charge is 2.08. The van der Waals surface area contributed by atoms with E-state index in [1.807, 2.05) is 54.6 Å². The van der Waals surface area contributed by atoms with Crippen molar-refractivity contribution in [2.45, 2.75) is 25.4 Å². The van der Waals surface area contributed by atoms with Crippen molar-refractivity contribution in [3.63, 3.8) is 0 Å². The third kappa shape index (κ3) is 11.3. The quantitative estimate of drug-likeness (QED) is 0.170. The van der Waals surface area contributed by atoms with Crippen LogP contribution in [0, 0.1) is 0 Å². The molecule has 1 atom stereocenters. The maximum Gasteiger partial charge on any atom is 0.314 e. The summed E-state index contributed by atoms with van der Waals surface area (Å²) in [4.78, 5) is 35.0. The Kier molecular flexibility index (Phi) is 11.3. The lowest BCUT2D eigenvalue weighted by Crippen LogP contribution is -2.23. The van der Waals surface area contributed by atoms with Crippen LogP contribution in [0.3, 0.4) is 0 Å². The predicted octanol–water partition coefficient (Wildman–Crippen LogP) is 2.32. The summed E-state index contributed by atoms with van der Waals surface area (Å²) in [6.45, 7) is 1.28. The Bertz CT molecular complexity index is 1080. The number of carbonyl (C=O) groups is 3. The molecule has 1 heterocycles. The highest BCUT2D eigenvalue weighted by Crippen LogP contribution is 2.14. The average Bonchev–Trinajstić information content (AvgIpc) is 3.22. The molecular formula is C24H28N4O6S. The predicted molar refractivity (Wildman–Crippen MR) is 133 cm³/mol. The number of thiazole rings is 1. The van der Waals surface area contributed by atoms with Crippen LogP contribution in [-0.2, 0) is 27.2 Å². The number of rotatable bonds is 11. The molecule has 1 amide bonds. The number of nitrogens with two attached hydrogens (primary N) is 1. The van der Waals surface area contributed by atoms with Crippen LogP contribution in [0.4, 0.5) is 10.8 Å². The lowest BCUT2D eigenvalue weighted by atomic mass is 10.1. The molecule has 186 valence electrons. The highest BCUT2D eigenvalue weighted by atomic mass is 32.1. The molecular weight excluding hydrogens is 472 g/mol. The summed E-state index contributed by atoms with van der Waals surface area (Å²) < 4.78 is 0. The Morgan fingerprint density at radius 2 is 1.66 bits per heavy atom. The largest absolute Gasteiger partial charge is 0.481 e. The third-order valence-corrected chi connectivity index (χ3v) is 5.29. The van der Waals surface area contributed by atoms with Crippen molar-refractivity contribution in [3.05, 3.63) is 76.8 Å². The fourth-order valence-corrected chi connectivity index (χ4v) is 3.48. The molecule has 35 heavy (non-hydrogen) atoms. The minimum Gasteiger partial charge on any atom is -0.481 e. The lowest BCUT2D eigenvalue weighted by Gasteiger charge is -2.12. The maximum absolute atomic E-state index is 12.0. The smallest absolute Gasteiger partial charge is 0.314 e. The second-order valence-electron chi connectivity index (χ2n) is 7.44. The first-order chi connectivity index (χ1) is 16.7. The molecule has 3 rings (SSSR count). The lowest BCUT2D eigenvalue weighted by molar-refractivity contribution is -0.147. The summed E-state index contributed by atoms with van der Waals surface area (Å²) in [7, 11) is 0. The van der Waals surface area contributed by atoms with Gasteiger partial charge in [0.15, 0.2) is 5.13 Å². The molecule has 11 heteroatoms. The molecule has 7 N–H and O–H groups in total. The zero-order valence-corrected chi connectivity index (χ0v) is 19.7. The van der Waals surface area contributed by atoms with Crippen molar-refractivity contribution in [2.24, 2.45) is 0 Å². The number of carboxylic acids is 2. The minimum absolute atomic E-state index is 0.116. The summed E-state index contributed by atoms with van der Waals surface area (Å²) in [6, 6.07) is 17.4. The summed E-state index contributed by atoms with van der Waals surface area (Å²) in [6.07, 6.45) is -0.261. The van der Waals surface area contributed by atoms with Gasteiger partial charge in [0, 0.05) is 17.6 Å². The molecule has 0 aliphatic carbocycles. The van der Waals surface area contributed by atoms with Gasteiger partial charge in [-0.3, -0.25) is 14.4 Å². The van der Waals surface area contributed by atoms with Gasteiger partial charge in [-0.25, -0.2) is 4.98 Å². The maximum atomic E-state index is 12.0. The van der Waals surface area contributed by atoms with Gasteiger partial charge < -0.3 is 31.7 Å². The van der Waals surface area contributed by atoms with E-state index in [9.17, 15) is 19.5 Å². The van der Waals surface area contributed by atoms with Gasteiger partial charge in [0.1, 0.15) is 6.42 Å². The molecule has 0 saturated carbocycles. The second kappa shape index (κ2) is 14.5. The molecule has 0 radical (unpaired) electrons. The highest BCUT2D eigenvalue weighted by molar-refractivity contribution is 7.13. The number of aliphatic carboxylic acids is 2. The van der Waals surface area contributed by atoms with Crippen LogP contribution in [0.5, 0.6) is 0 Å². The van der Waals surface area contributed by atoms with Gasteiger partial charge in [-0.2, -0.15) is 0 Å². The molecule has 10 nitrogen and oxygen atoms in total. The number of carboxylic acid groups (broad SMARTS) is 2. The number of anilines is 2. The number of hydrogen-bond acceptors (Lipinski definition) is 8. The van der Waals surface area contributed by atoms with Crippen LogP contribution in [0.25, 0.3) is 0 Å². The van der Waals surface area contributed by atoms with E-state index in [0.29, 0.717) is 17.4 Å². The van der Waals surface area contributed by atoms with Crippen LogP contribution in [-0.4, -0.2) is 51.2 Å². The summed E-state index contributed by atoms with van der Waals surface area (Å²) >= 11 is 1.33. The molecule has 0 saturated heterocycles. The number of nitrogens with zero attached hydrogens (tertiary/aromatic N) is 1. The van der Waals surface area contributed by atoms with Crippen LogP contribution in [0.15, 0.2) is 60.0 Å². The van der Waals surface area contributed by atoms with E-state index < -0.39 is 24.5 Å². The van der Waals surface area contributed by atoms with E-state index in [-0.39, 0.29) is 12.3 Å². The van der Waals surface area contributed by atoms with Gasteiger partial charge in [-0.1, -0.05) is 42.5 Å². The molecule has 0 aliphatic rings. The molecule has 3 aromatic rings. The summed E-state index contributed by atoms with van der Waals surface area (Å²) in [5, 5.41) is 33.9. The summed E-state index contributed by atoms with van der Waals surface area (Å²) in [5.41, 5.74) is 9.08. The Labute approximate surface area is 206 Å². The molecule has 0 spiro atoms. The number of nitrogens with one attached hydrogen (secondary N) is 2. The van der Waals surface area contributed by atoms with E-state index in [1.54, 1.807) is 5.38 Å². The van der Waals surface area contributed by atoms with Gasteiger partial charge in [0.25, 0.3) is 0 Å². The van der Waals surface area contributed by atoms with Crippen molar-refractivity contribution in [2.75, 3.05) is 24.1 Å². The Hall–Kier alpha value is -3.80. The molecule has 0 bridgehead atoms. The van der Waals surface area contributed by atoms with Gasteiger partial charge in [-0.05, 0) is 36.2 Å². The zero-order valence-electron chi connectivity index (χ0n) is 18.9. The number of amides is 1. The Morgan fingerprint density at radius 3 is 2.20 bits per heavy atom. The first-order valence-corrected chi connectivity index (χ1v) is 11.6. The van der Waals surface area contributed by atoms with E-state index >= 15 is 0 Å². The number of benzene rings is 2. The number of aliphatic hydroxyl groups is 1. The SMILES string of the molecule is Nc1nc(CC(=O)Nc2ccc(CCNC[C@H](O)c3ccccc3)cc2)cs1.O=C(O)CC(=O)O. The Morgan fingerprint density at radius 1 is 1.00 bits per heavy atom. The van der Waals surface area contributed by atoms with E-state index in [0.717, 1.165) is 29.8 Å². The number of aliphatic hydroxyl groups excluding tert-OH is 1. The first-order valence-electron chi connectivity index (χ1n) is 10.7. The van der Waals surface area contributed by atoms with Crippen molar-refractivity contribution in [1.82, 2.24) is 10.3 Å². The fourth-order valence-electron chi connectivity index (χ4n) is 2.92. The number of nitrogen functional groups attached to an aromatic ring is 1. The van der Waals surface area contributed by atoms with Crippen LogP contribution < -0.4 is 16.4 Å². The van der Waals surface area contributed by atoms with Crippen LogP contribution in [0.2, 0.25) is 0 Å². The van der Waals surface area contributed by atoms with Crippen molar-refractivity contribution < 1.29 is 29.7 Å². The number of hydrogen-bond donors (Lipinski definition) is 6. The summed E-state index contributed by atoms with van der Waals surface area (Å²) in [5.74, 6) is -2.74. The molecule has 0 unspecified atom stereocenters. The van der Waals surface area contributed by atoms with Crippen LogP contribution in [0.1, 0.15) is 29.3 Å². The van der Waals surface area contributed by atoms with E-state index in [1.165, 1.54) is 11.3 Å². The Balaban J connectivity index is 0.000000540. The standard InChI is InChI=1S/C21H24N4O2S.C3H4O4/c22-21-25-18(14-28-21)12-20(27)24-17-8-6-15(7-9-17)10-11-23-13-19(26)16-4-2-1-3-5-16;4-2(5)1-3(6)7/h1-9,14,19,23,26H,10-13H2,(H2,22,25)(H,24,27);1H2,(H,4,5)(H,6,7)/t19-;/m0./s1. The van der Waals surface area contributed by atoms with Crippen molar-refractivity contribution in [1.29, 1.82) is 0 Å². The average molecular weight is 501 g/mol. The van der Waals surface area contributed by atoms with Gasteiger partial charge in [-0.15, -0.1) is 11.3 Å². The monoisotopic (exact) mass is 500 g/mol. The molecule has 1 aromatic heterocycles. The van der Waals surface area contributed by atoms with Crippen molar-refractivity contribution >= 4 is 40.0 Å².